The van der Waals surface area contributed by atoms with Gasteiger partial charge < -0.3 is 19.7 Å². The van der Waals surface area contributed by atoms with Crippen LogP contribution in [-0.4, -0.2) is 42.2 Å². The average molecular weight is 344 g/mol. The molecule has 2 N–H and O–H groups in total. The molecule has 0 aromatic rings. The number of aliphatic hydroxyl groups is 2. The van der Waals surface area contributed by atoms with Gasteiger partial charge in [-0.1, -0.05) is 32.9 Å². The summed E-state index contributed by atoms with van der Waals surface area (Å²) >= 11 is 0. The van der Waals surface area contributed by atoms with Crippen molar-refractivity contribution in [2.75, 3.05) is 13.7 Å². The number of rotatable bonds is 11. The minimum Gasteiger partial charge on any atom is -0.466 e. The fourth-order valence-corrected chi connectivity index (χ4v) is 1.53. The number of carbonyl (C=O) groups is 2. The summed E-state index contributed by atoms with van der Waals surface area (Å²) in [5, 5.41) is 17.3. The second kappa shape index (κ2) is 16.2. The highest BCUT2D eigenvalue weighted by molar-refractivity contribution is 5.87. The zero-order chi connectivity index (χ0) is 19.0. The lowest BCUT2D eigenvalue weighted by atomic mass is 10.1. The van der Waals surface area contributed by atoms with Crippen LogP contribution in [0.15, 0.2) is 24.3 Å². The predicted molar refractivity (Wildman–Crippen MR) is 93.1 cm³/mol. The first kappa shape index (κ1) is 24.6. The van der Waals surface area contributed by atoms with E-state index in [2.05, 4.69) is 17.9 Å². The monoisotopic (exact) mass is 344 g/mol. The van der Waals surface area contributed by atoms with Gasteiger partial charge in [-0.3, -0.25) is 0 Å². The third-order valence-electron chi connectivity index (χ3n) is 2.99. The van der Waals surface area contributed by atoms with Gasteiger partial charge in [0, 0.05) is 11.1 Å². The van der Waals surface area contributed by atoms with Crippen LogP contribution in [-0.2, 0) is 19.1 Å². The standard InChI is InChI=1S/C13H24O4.C5H8O2/c1-3-4-10-17-13(16)11(2)8-6-5-7-9-12(14)15;1-4(2)5(6)7-3/h12,14-15H,2-10H2,1H3;1H2,2-3H3. The van der Waals surface area contributed by atoms with Gasteiger partial charge in [0.25, 0.3) is 0 Å². The molecular formula is C18H32O6. The largest absolute Gasteiger partial charge is 0.466 e. The van der Waals surface area contributed by atoms with Crippen LogP contribution in [0, 0.1) is 0 Å². The lowest BCUT2D eigenvalue weighted by Crippen LogP contribution is -2.08. The molecule has 0 aromatic carbocycles. The maximum Gasteiger partial charge on any atom is 0.333 e. The number of methoxy groups -OCH3 is 1. The fraction of sp³-hybridized carbons (Fsp3) is 0.667. The molecule has 0 aliphatic carbocycles. The maximum absolute atomic E-state index is 11.4. The van der Waals surface area contributed by atoms with E-state index >= 15 is 0 Å². The summed E-state index contributed by atoms with van der Waals surface area (Å²) in [6, 6.07) is 0. The van der Waals surface area contributed by atoms with Crippen molar-refractivity contribution < 1.29 is 29.3 Å². The molecule has 0 aliphatic rings. The maximum atomic E-state index is 11.4. The molecule has 0 spiro atoms. The van der Waals surface area contributed by atoms with E-state index in [1.807, 2.05) is 6.92 Å². The van der Waals surface area contributed by atoms with Crippen molar-refractivity contribution in [1.29, 1.82) is 0 Å². The third kappa shape index (κ3) is 16.7. The highest BCUT2D eigenvalue weighted by Gasteiger charge is 2.07. The summed E-state index contributed by atoms with van der Waals surface area (Å²) in [6.07, 6.45) is 4.09. The molecule has 0 saturated heterocycles. The van der Waals surface area contributed by atoms with E-state index < -0.39 is 6.29 Å². The van der Waals surface area contributed by atoms with Crippen LogP contribution >= 0.6 is 0 Å². The van der Waals surface area contributed by atoms with E-state index in [0.717, 1.165) is 32.1 Å². The van der Waals surface area contributed by atoms with Gasteiger partial charge >= 0.3 is 11.9 Å². The molecule has 0 aliphatic heterocycles. The van der Waals surface area contributed by atoms with E-state index in [9.17, 15) is 9.59 Å². The Morgan fingerprint density at radius 1 is 1.04 bits per heavy atom. The molecule has 140 valence electrons. The first-order chi connectivity index (χ1) is 11.3. The minimum atomic E-state index is -1.22. The molecule has 24 heavy (non-hydrogen) atoms. The number of unbranched alkanes of at least 4 members (excludes halogenated alkanes) is 3. The van der Waals surface area contributed by atoms with Crippen LogP contribution in [0.1, 0.15) is 58.8 Å². The molecule has 0 aromatic heterocycles. The third-order valence-corrected chi connectivity index (χ3v) is 2.99. The summed E-state index contributed by atoms with van der Waals surface area (Å²) in [5.41, 5.74) is 0.938. The Balaban J connectivity index is 0. The van der Waals surface area contributed by atoms with Crippen LogP contribution in [0.25, 0.3) is 0 Å². The van der Waals surface area contributed by atoms with Crippen LogP contribution < -0.4 is 0 Å². The van der Waals surface area contributed by atoms with E-state index in [0.29, 0.717) is 30.6 Å². The van der Waals surface area contributed by atoms with Gasteiger partial charge in [0.05, 0.1) is 13.7 Å². The normalized spacial score (nSPS) is 9.75. The van der Waals surface area contributed by atoms with Gasteiger partial charge in [0.1, 0.15) is 0 Å². The first-order valence-electron chi connectivity index (χ1n) is 8.21. The summed E-state index contributed by atoms with van der Waals surface area (Å²) < 4.78 is 9.29. The van der Waals surface area contributed by atoms with Crippen molar-refractivity contribution in [3.8, 4) is 0 Å². The fourth-order valence-electron chi connectivity index (χ4n) is 1.53. The van der Waals surface area contributed by atoms with Crippen molar-refractivity contribution in [2.24, 2.45) is 0 Å². The number of hydrogen-bond acceptors (Lipinski definition) is 6. The quantitative estimate of drug-likeness (QED) is 0.259. The van der Waals surface area contributed by atoms with E-state index in [-0.39, 0.29) is 11.9 Å². The van der Waals surface area contributed by atoms with E-state index in [1.54, 1.807) is 6.92 Å². The highest BCUT2D eigenvalue weighted by atomic mass is 16.5. The molecule has 0 heterocycles. The lowest BCUT2D eigenvalue weighted by Gasteiger charge is -2.07. The SMILES string of the molecule is C=C(C)C(=O)OC.C=C(CCCCCC(O)O)C(=O)OCCCC. The Hall–Kier alpha value is -1.66. The summed E-state index contributed by atoms with van der Waals surface area (Å²) in [4.78, 5) is 21.6. The van der Waals surface area contributed by atoms with Crippen molar-refractivity contribution in [2.45, 2.75) is 65.1 Å². The summed E-state index contributed by atoms with van der Waals surface area (Å²) in [7, 11) is 1.33. The molecule has 0 amide bonds. The van der Waals surface area contributed by atoms with Gasteiger partial charge in [-0.15, -0.1) is 0 Å². The van der Waals surface area contributed by atoms with Crippen molar-refractivity contribution in [3.05, 3.63) is 24.3 Å². The van der Waals surface area contributed by atoms with Crippen LogP contribution in [0.5, 0.6) is 0 Å². The number of carbonyl (C=O) groups excluding carboxylic acids is 2. The first-order valence-corrected chi connectivity index (χ1v) is 8.21. The Morgan fingerprint density at radius 2 is 1.67 bits per heavy atom. The molecule has 0 radical (unpaired) electrons. The number of ether oxygens (including phenoxy) is 2. The Kier molecular flexibility index (Phi) is 16.6. The van der Waals surface area contributed by atoms with Crippen LogP contribution in [0.2, 0.25) is 0 Å². The van der Waals surface area contributed by atoms with Gasteiger partial charge in [0.15, 0.2) is 6.29 Å². The second-order valence-corrected chi connectivity index (χ2v) is 5.44. The average Bonchev–Trinajstić information content (AvgIpc) is 2.53. The lowest BCUT2D eigenvalue weighted by molar-refractivity contribution is -0.139. The molecule has 0 atom stereocenters. The van der Waals surface area contributed by atoms with Gasteiger partial charge in [-0.05, 0) is 39.0 Å². The van der Waals surface area contributed by atoms with Crippen LogP contribution in [0.3, 0.4) is 0 Å². The molecular weight excluding hydrogens is 312 g/mol. The molecule has 0 bridgehead atoms. The van der Waals surface area contributed by atoms with Gasteiger partial charge in [-0.25, -0.2) is 9.59 Å². The minimum absolute atomic E-state index is 0.305. The second-order valence-electron chi connectivity index (χ2n) is 5.44. The number of esters is 2. The van der Waals surface area contributed by atoms with E-state index in [1.165, 1.54) is 7.11 Å². The molecule has 6 heteroatoms. The number of hydrogen-bond donors (Lipinski definition) is 2. The van der Waals surface area contributed by atoms with Gasteiger partial charge in [-0.2, -0.15) is 0 Å². The Labute approximate surface area is 145 Å². The zero-order valence-corrected chi connectivity index (χ0v) is 15.2. The predicted octanol–water partition coefficient (Wildman–Crippen LogP) is 2.88. The Morgan fingerprint density at radius 3 is 2.08 bits per heavy atom. The Bertz CT molecular complexity index is 387. The van der Waals surface area contributed by atoms with Crippen molar-refractivity contribution in [1.82, 2.24) is 0 Å². The topological polar surface area (TPSA) is 93.1 Å². The van der Waals surface area contributed by atoms with Crippen LogP contribution in [0.4, 0.5) is 0 Å². The smallest absolute Gasteiger partial charge is 0.333 e. The molecule has 0 rings (SSSR count). The van der Waals surface area contributed by atoms with Crippen molar-refractivity contribution >= 4 is 11.9 Å². The highest BCUT2D eigenvalue weighted by Crippen LogP contribution is 2.11. The summed E-state index contributed by atoms with van der Waals surface area (Å²) in [6.45, 7) is 11.2. The molecule has 0 fully saturated rings. The van der Waals surface area contributed by atoms with Crippen molar-refractivity contribution in [3.63, 3.8) is 0 Å². The molecule has 0 saturated carbocycles. The number of aliphatic hydroxyl groups excluding tert-OH is 1. The summed E-state index contributed by atoms with van der Waals surface area (Å²) in [5.74, 6) is -0.652. The van der Waals surface area contributed by atoms with E-state index in [4.69, 9.17) is 14.9 Å². The molecule has 6 nitrogen and oxygen atoms in total. The zero-order valence-electron chi connectivity index (χ0n) is 15.2. The molecule has 0 unspecified atom stereocenters. The van der Waals surface area contributed by atoms with Gasteiger partial charge in [0.2, 0.25) is 0 Å².